The van der Waals surface area contributed by atoms with Gasteiger partial charge in [0.05, 0.1) is 0 Å². The van der Waals surface area contributed by atoms with Crippen molar-refractivity contribution in [2.45, 2.75) is 53.6 Å². The van der Waals surface area contributed by atoms with E-state index in [0.717, 1.165) is 0 Å². The maximum Gasteiger partial charge on any atom is -0.147 e. The van der Waals surface area contributed by atoms with Crippen molar-refractivity contribution in [2.75, 3.05) is 0 Å². The Labute approximate surface area is 162 Å². The molecule has 0 bridgehead atoms. The molecular formula is C18H30Cl2SiTi. The molecule has 124 valence electrons. The first-order valence-corrected chi connectivity index (χ1v) is 12.3. The molecule has 0 aromatic carbocycles. The van der Waals surface area contributed by atoms with Gasteiger partial charge in [-0.2, -0.15) is 12.2 Å². The number of rotatable bonds is 2. The zero-order valence-electron chi connectivity index (χ0n) is 14.7. The SMILES string of the molecule is CCC1[C-]=C(C)C=C1.CCC1[C-]=C(C)C=C1.C[Si](C)=[Ti+2].Cl.Cl. The monoisotopic (exact) mass is 392 g/mol. The van der Waals surface area contributed by atoms with Gasteiger partial charge in [-0.15, -0.1) is 24.8 Å². The Morgan fingerprint density at radius 1 is 0.909 bits per heavy atom. The van der Waals surface area contributed by atoms with Crippen molar-refractivity contribution in [3.05, 3.63) is 47.6 Å². The molecule has 0 aromatic rings. The van der Waals surface area contributed by atoms with E-state index < -0.39 is 0 Å². The van der Waals surface area contributed by atoms with Crippen molar-refractivity contribution in [3.8, 4) is 0 Å². The molecule has 0 spiro atoms. The largest absolute Gasteiger partial charge is 0.147 e. The molecule has 0 heterocycles. The molecule has 0 saturated carbocycles. The van der Waals surface area contributed by atoms with Crippen LogP contribution < -0.4 is 0 Å². The van der Waals surface area contributed by atoms with Gasteiger partial charge < -0.3 is 0 Å². The van der Waals surface area contributed by atoms with Crippen LogP contribution in [0.15, 0.2) is 35.5 Å². The van der Waals surface area contributed by atoms with Crippen molar-refractivity contribution in [2.24, 2.45) is 11.8 Å². The Balaban J connectivity index is -0.000000249. The molecule has 0 radical (unpaired) electrons. The Bertz CT molecular complexity index is 385. The Morgan fingerprint density at radius 2 is 1.18 bits per heavy atom. The molecule has 22 heavy (non-hydrogen) atoms. The molecule has 2 unspecified atom stereocenters. The second kappa shape index (κ2) is 16.3. The molecule has 0 N–H and O–H groups in total. The van der Waals surface area contributed by atoms with Gasteiger partial charge in [-0.05, 0) is 0 Å². The van der Waals surface area contributed by atoms with E-state index in [1.807, 2.05) is 0 Å². The summed E-state index contributed by atoms with van der Waals surface area (Å²) in [5, 5.41) is 0. The van der Waals surface area contributed by atoms with Crippen molar-refractivity contribution < 1.29 is 19.2 Å². The molecule has 4 heteroatoms. The standard InChI is InChI=1S/2C8H11.C2H6Si.2ClH.Ti/c2*1-3-8-5-4-7(2)6-8;1-3-2;;;/h2*4-5,8H,3H2,1-2H3;1-2H3;2*1H;/q2*-1;;;;+2. The molecule has 2 aliphatic rings. The second-order valence-corrected chi connectivity index (χ2v) is 12.1. The summed E-state index contributed by atoms with van der Waals surface area (Å²) in [7, 11) is 0. The summed E-state index contributed by atoms with van der Waals surface area (Å²) in [6, 6.07) is 0. The van der Waals surface area contributed by atoms with Gasteiger partial charge >= 0.3 is 38.5 Å². The molecule has 0 aromatic heterocycles. The van der Waals surface area contributed by atoms with E-state index in [-0.39, 0.29) is 31.0 Å². The average Bonchev–Trinajstić information content (AvgIpc) is 2.97. The summed E-state index contributed by atoms with van der Waals surface area (Å²) in [4.78, 5) is 0. The minimum absolute atomic E-state index is 0. The molecule has 0 fully saturated rings. The van der Waals surface area contributed by atoms with Crippen LogP contribution in [0.2, 0.25) is 13.1 Å². The summed E-state index contributed by atoms with van der Waals surface area (Å²) < 4.78 is 0. The first-order chi connectivity index (χ1) is 9.38. The minimum Gasteiger partial charge on any atom is -0.147 e. The van der Waals surface area contributed by atoms with Gasteiger partial charge in [-0.1, -0.05) is 52.4 Å². The van der Waals surface area contributed by atoms with Crippen molar-refractivity contribution >= 4 is 31.0 Å². The van der Waals surface area contributed by atoms with Crippen LogP contribution in [0.25, 0.3) is 0 Å². The smallest absolute Gasteiger partial charge is 0.147 e. The van der Waals surface area contributed by atoms with Crippen LogP contribution in [0, 0.1) is 24.0 Å². The van der Waals surface area contributed by atoms with E-state index in [9.17, 15) is 0 Å². The van der Waals surface area contributed by atoms with Crippen molar-refractivity contribution in [1.82, 2.24) is 0 Å². The molecule has 2 aliphatic carbocycles. The van der Waals surface area contributed by atoms with Gasteiger partial charge in [0.2, 0.25) is 0 Å². The van der Waals surface area contributed by atoms with Gasteiger partial charge in [-0.25, -0.2) is 23.3 Å². The maximum atomic E-state index is 3.31. The van der Waals surface area contributed by atoms with Crippen molar-refractivity contribution in [3.63, 3.8) is 0 Å². The molecular weight excluding hydrogens is 363 g/mol. The van der Waals surface area contributed by atoms with Gasteiger partial charge in [-0.3, -0.25) is 12.2 Å². The van der Waals surface area contributed by atoms with E-state index >= 15 is 0 Å². The maximum absolute atomic E-state index is 3.31. The first kappa shape index (κ1) is 27.3. The third kappa shape index (κ3) is 15.4. The summed E-state index contributed by atoms with van der Waals surface area (Å²) in [5.74, 6) is 1.21. The zero-order chi connectivity index (χ0) is 15.5. The van der Waals surface area contributed by atoms with Crippen molar-refractivity contribution in [1.29, 1.82) is 0 Å². The van der Waals surface area contributed by atoms with Crippen LogP contribution in [0.1, 0.15) is 40.5 Å². The Kier molecular flexibility index (Phi) is 20.3. The number of allylic oxidation sites excluding steroid dienone is 8. The second-order valence-electron chi connectivity index (χ2n) is 5.40. The molecule has 0 saturated heterocycles. The summed E-state index contributed by atoms with van der Waals surface area (Å²) in [6.45, 7) is 13.1. The van der Waals surface area contributed by atoms with E-state index in [1.54, 1.807) is 0 Å². The van der Waals surface area contributed by atoms with Crippen LogP contribution in [0.4, 0.5) is 0 Å². The van der Waals surface area contributed by atoms with Gasteiger partial charge in [0, 0.05) is 0 Å². The predicted octanol–water partition coefficient (Wildman–Crippen LogP) is 6.29. The molecule has 0 aliphatic heterocycles. The number of hydrogen-bond acceptors (Lipinski definition) is 0. The van der Waals surface area contributed by atoms with E-state index in [0.29, 0.717) is 11.8 Å². The molecule has 2 rings (SSSR count). The Hall–Kier alpha value is 0.471. The van der Waals surface area contributed by atoms with Crippen LogP contribution in [0.3, 0.4) is 0 Å². The minimum atomic E-state index is 0. The zero-order valence-corrected chi connectivity index (χ0v) is 18.9. The fraction of sp³-hybridized carbons (Fsp3) is 0.556. The predicted molar refractivity (Wildman–Crippen MR) is 103 cm³/mol. The van der Waals surface area contributed by atoms with E-state index in [2.05, 4.69) is 96.4 Å². The average molecular weight is 393 g/mol. The first-order valence-electron chi connectivity index (χ1n) is 7.47. The molecule has 0 nitrogen and oxygen atoms in total. The van der Waals surface area contributed by atoms with Crippen LogP contribution in [-0.4, -0.2) is 6.19 Å². The van der Waals surface area contributed by atoms with Gasteiger partial charge in [0.15, 0.2) is 0 Å². The summed E-state index contributed by atoms with van der Waals surface area (Å²) in [6.07, 6.45) is 17.8. The van der Waals surface area contributed by atoms with Crippen LogP contribution >= 0.6 is 24.8 Å². The quantitative estimate of drug-likeness (QED) is 0.382. The normalized spacial score (nSPS) is 20.4. The third-order valence-electron chi connectivity index (χ3n) is 2.86. The van der Waals surface area contributed by atoms with Gasteiger partial charge in [0.25, 0.3) is 0 Å². The van der Waals surface area contributed by atoms with E-state index in [4.69, 9.17) is 0 Å². The Morgan fingerprint density at radius 3 is 1.27 bits per heavy atom. The number of hydrogen-bond donors (Lipinski definition) is 0. The summed E-state index contributed by atoms with van der Waals surface area (Å²) >= 11 is 2.27. The molecule has 0 amide bonds. The topological polar surface area (TPSA) is 0 Å². The van der Waals surface area contributed by atoms with Crippen LogP contribution in [-0.2, 0) is 19.2 Å². The summed E-state index contributed by atoms with van der Waals surface area (Å²) in [5.41, 5.74) is 2.58. The van der Waals surface area contributed by atoms with Crippen LogP contribution in [0.5, 0.6) is 0 Å². The molecule has 2 atom stereocenters. The fourth-order valence-corrected chi connectivity index (χ4v) is 1.77. The van der Waals surface area contributed by atoms with E-state index in [1.165, 1.54) is 24.0 Å². The fourth-order valence-electron chi connectivity index (χ4n) is 1.77. The van der Waals surface area contributed by atoms with Gasteiger partial charge in [0.1, 0.15) is 0 Å². The third-order valence-corrected chi connectivity index (χ3v) is 2.86. The number of halogens is 2.